The maximum Gasteiger partial charge on any atom is 0.335 e. The van der Waals surface area contributed by atoms with Crippen LogP contribution in [0.3, 0.4) is 0 Å². The van der Waals surface area contributed by atoms with Crippen LogP contribution in [0.4, 0.5) is 5.69 Å². The largest absolute Gasteiger partial charge is 0.478 e. The van der Waals surface area contributed by atoms with Gasteiger partial charge in [-0.3, -0.25) is 4.79 Å². The van der Waals surface area contributed by atoms with Gasteiger partial charge in [-0.15, -0.1) is 0 Å². The van der Waals surface area contributed by atoms with Gasteiger partial charge in [0.1, 0.15) is 10.6 Å². The van der Waals surface area contributed by atoms with Crippen LogP contribution in [0.15, 0.2) is 35.4 Å². The average Bonchev–Trinajstić information content (AvgIpc) is 2.89. The number of hydrogen-bond acceptors (Lipinski definition) is 4. The van der Waals surface area contributed by atoms with Gasteiger partial charge in [-0.25, -0.2) is 17.2 Å². The predicted octanol–water partition coefficient (Wildman–Crippen LogP) is 1.55. The normalized spacial score (nSPS) is 15.4. The zero-order valence-electron chi connectivity index (χ0n) is 11.5. The summed E-state index contributed by atoms with van der Waals surface area (Å²) >= 11 is 0. The SMILES string of the molecule is CCc1cc2n(c1)S(=O)(=O)c1ccc(C(=O)O)cc1NC2=O. The number of rotatable bonds is 2. The van der Waals surface area contributed by atoms with Crippen molar-refractivity contribution in [3.8, 4) is 0 Å². The molecule has 8 heteroatoms. The lowest BCUT2D eigenvalue weighted by Gasteiger charge is -2.08. The molecule has 2 aromatic rings. The van der Waals surface area contributed by atoms with E-state index in [0.29, 0.717) is 6.42 Å². The summed E-state index contributed by atoms with van der Waals surface area (Å²) in [4.78, 5) is 23.1. The monoisotopic (exact) mass is 320 g/mol. The fourth-order valence-corrected chi connectivity index (χ4v) is 3.84. The van der Waals surface area contributed by atoms with E-state index in [9.17, 15) is 18.0 Å². The molecular formula is C14H12N2O5S. The molecule has 0 spiro atoms. The summed E-state index contributed by atoms with van der Waals surface area (Å²) in [7, 11) is -3.96. The van der Waals surface area contributed by atoms with Crippen LogP contribution < -0.4 is 5.32 Å². The molecule has 2 heterocycles. The van der Waals surface area contributed by atoms with Crippen LogP contribution in [0, 0.1) is 0 Å². The third kappa shape index (κ3) is 2.00. The molecule has 0 aliphatic carbocycles. The minimum Gasteiger partial charge on any atom is -0.478 e. The summed E-state index contributed by atoms with van der Waals surface area (Å²) in [6, 6.07) is 5.03. The summed E-state index contributed by atoms with van der Waals surface area (Å²) in [5, 5.41) is 11.5. The summed E-state index contributed by atoms with van der Waals surface area (Å²) in [6.45, 7) is 1.85. The van der Waals surface area contributed by atoms with Gasteiger partial charge in [0, 0.05) is 6.20 Å². The van der Waals surface area contributed by atoms with Gasteiger partial charge in [-0.2, -0.15) is 0 Å². The van der Waals surface area contributed by atoms with Crippen molar-refractivity contribution in [2.45, 2.75) is 18.2 Å². The maximum absolute atomic E-state index is 12.7. The summed E-state index contributed by atoms with van der Waals surface area (Å²) in [5.41, 5.74) is 0.589. The number of nitrogens with zero attached hydrogens (tertiary/aromatic N) is 1. The number of benzene rings is 1. The van der Waals surface area contributed by atoms with Gasteiger partial charge < -0.3 is 10.4 Å². The molecule has 7 nitrogen and oxygen atoms in total. The molecule has 22 heavy (non-hydrogen) atoms. The van der Waals surface area contributed by atoms with E-state index in [1.807, 2.05) is 6.92 Å². The number of fused-ring (bicyclic) bond motifs is 2. The zero-order chi connectivity index (χ0) is 16.1. The number of hydrogen-bond donors (Lipinski definition) is 2. The van der Waals surface area contributed by atoms with Gasteiger partial charge in [-0.1, -0.05) is 6.92 Å². The van der Waals surface area contributed by atoms with E-state index >= 15 is 0 Å². The molecule has 1 amide bonds. The highest BCUT2D eigenvalue weighted by molar-refractivity contribution is 7.90. The van der Waals surface area contributed by atoms with Crippen LogP contribution in [-0.2, 0) is 16.4 Å². The van der Waals surface area contributed by atoms with Crippen LogP contribution in [0.1, 0.15) is 33.3 Å². The van der Waals surface area contributed by atoms with E-state index < -0.39 is 21.9 Å². The molecule has 0 saturated heterocycles. The quantitative estimate of drug-likeness (QED) is 0.873. The molecule has 0 radical (unpaired) electrons. The molecule has 1 aromatic carbocycles. The van der Waals surface area contributed by atoms with Crippen molar-refractivity contribution in [2.24, 2.45) is 0 Å². The molecule has 3 rings (SSSR count). The number of carbonyl (C=O) groups is 2. The van der Waals surface area contributed by atoms with Crippen LogP contribution in [-0.4, -0.2) is 29.4 Å². The fraction of sp³-hybridized carbons (Fsp3) is 0.143. The first kappa shape index (κ1) is 14.3. The number of aromatic carboxylic acids is 1. The van der Waals surface area contributed by atoms with Crippen molar-refractivity contribution in [1.29, 1.82) is 0 Å². The number of aromatic nitrogens is 1. The number of carboxylic acids is 1. The van der Waals surface area contributed by atoms with Crippen molar-refractivity contribution in [1.82, 2.24) is 3.97 Å². The van der Waals surface area contributed by atoms with Crippen molar-refractivity contribution in [3.05, 3.63) is 47.3 Å². The van der Waals surface area contributed by atoms with E-state index in [2.05, 4.69) is 5.32 Å². The molecule has 0 unspecified atom stereocenters. The number of anilines is 1. The van der Waals surface area contributed by atoms with Gasteiger partial charge in [0.25, 0.3) is 15.9 Å². The van der Waals surface area contributed by atoms with Crippen LogP contribution in [0.2, 0.25) is 0 Å². The third-order valence-electron chi connectivity index (χ3n) is 3.50. The van der Waals surface area contributed by atoms with Gasteiger partial charge >= 0.3 is 5.97 Å². The number of carbonyl (C=O) groups excluding carboxylic acids is 1. The van der Waals surface area contributed by atoms with Crippen molar-refractivity contribution >= 4 is 27.6 Å². The Balaban J connectivity index is 2.29. The smallest absolute Gasteiger partial charge is 0.335 e. The average molecular weight is 320 g/mol. The lowest BCUT2D eigenvalue weighted by atomic mass is 10.2. The van der Waals surface area contributed by atoms with Crippen LogP contribution >= 0.6 is 0 Å². The Labute approximate surface area is 126 Å². The number of carboxylic acid groups (broad SMARTS) is 1. The molecule has 0 fully saturated rings. The van der Waals surface area contributed by atoms with Crippen LogP contribution in [0.25, 0.3) is 0 Å². The minimum absolute atomic E-state index is 0.00456. The Morgan fingerprint density at radius 1 is 1.32 bits per heavy atom. The number of amides is 1. The fourth-order valence-electron chi connectivity index (χ4n) is 2.33. The van der Waals surface area contributed by atoms with E-state index in [1.165, 1.54) is 24.4 Å². The molecule has 0 bridgehead atoms. The Morgan fingerprint density at radius 3 is 2.68 bits per heavy atom. The van der Waals surface area contributed by atoms with Crippen LogP contribution in [0.5, 0.6) is 0 Å². The molecule has 0 atom stereocenters. The Hall–Kier alpha value is -2.61. The van der Waals surface area contributed by atoms with Gasteiger partial charge in [0.15, 0.2) is 0 Å². The Kier molecular flexibility index (Phi) is 3.06. The Morgan fingerprint density at radius 2 is 2.05 bits per heavy atom. The lowest BCUT2D eigenvalue weighted by molar-refractivity contribution is 0.0696. The van der Waals surface area contributed by atoms with E-state index in [4.69, 9.17) is 5.11 Å². The molecule has 1 aliphatic rings. The molecule has 2 N–H and O–H groups in total. The van der Waals surface area contributed by atoms with E-state index in [0.717, 1.165) is 15.6 Å². The zero-order valence-corrected chi connectivity index (χ0v) is 12.3. The third-order valence-corrected chi connectivity index (χ3v) is 5.23. The summed E-state index contributed by atoms with van der Waals surface area (Å²) in [6.07, 6.45) is 2.00. The van der Waals surface area contributed by atoms with Gasteiger partial charge in [0.05, 0.1) is 11.3 Å². The summed E-state index contributed by atoms with van der Waals surface area (Å²) < 4.78 is 26.3. The standard InChI is InChI=1S/C14H12N2O5S/c1-2-8-5-11-13(17)15-10-6-9(14(18)19)3-4-12(10)22(20,21)16(11)7-8/h3-7H,2H2,1H3,(H,15,17)(H,18,19). The highest BCUT2D eigenvalue weighted by Crippen LogP contribution is 2.30. The topological polar surface area (TPSA) is 105 Å². The highest BCUT2D eigenvalue weighted by atomic mass is 32.2. The van der Waals surface area contributed by atoms with E-state index in [1.54, 1.807) is 0 Å². The van der Waals surface area contributed by atoms with Crippen molar-refractivity contribution in [3.63, 3.8) is 0 Å². The number of aryl methyl sites for hydroxylation is 1. The second kappa shape index (κ2) is 4.70. The Bertz CT molecular complexity index is 911. The minimum atomic E-state index is -3.96. The van der Waals surface area contributed by atoms with E-state index in [-0.39, 0.29) is 21.8 Å². The molecule has 114 valence electrons. The first-order chi connectivity index (χ1) is 10.3. The molecule has 0 saturated carbocycles. The first-order valence-corrected chi connectivity index (χ1v) is 7.94. The predicted molar refractivity (Wildman–Crippen MR) is 77.7 cm³/mol. The maximum atomic E-state index is 12.7. The highest BCUT2D eigenvalue weighted by Gasteiger charge is 2.31. The first-order valence-electron chi connectivity index (χ1n) is 6.50. The van der Waals surface area contributed by atoms with Gasteiger partial charge in [-0.05, 0) is 36.2 Å². The number of nitrogens with one attached hydrogen (secondary N) is 1. The summed E-state index contributed by atoms with van der Waals surface area (Å²) in [5.74, 6) is -1.80. The molecule has 1 aliphatic heterocycles. The van der Waals surface area contributed by atoms with Gasteiger partial charge in [0.2, 0.25) is 0 Å². The van der Waals surface area contributed by atoms with Crippen molar-refractivity contribution in [2.75, 3.05) is 5.32 Å². The molecule has 1 aromatic heterocycles. The second-order valence-corrected chi connectivity index (χ2v) is 6.64. The lowest BCUT2D eigenvalue weighted by Crippen LogP contribution is -2.16. The molecular weight excluding hydrogens is 308 g/mol. The second-order valence-electron chi connectivity index (χ2n) is 4.86. The van der Waals surface area contributed by atoms with Crippen molar-refractivity contribution < 1.29 is 23.1 Å².